The lowest BCUT2D eigenvalue weighted by Crippen LogP contribution is -2.39. The molecule has 1 unspecified atom stereocenters. The molecular weight excluding hydrogens is 434 g/mol. The Balaban J connectivity index is 1.36. The van der Waals surface area contributed by atoms with Crippen LogP contribution < -0.4 is 5.32 Å². The zero-order valence-electron chi connectivity index (χ0n) is 19.3. The second-order valence-electron chi connectivity index (χ2n) is 9.43. The van der Waals surface area contributed by atoms with Gasteiger partial charge in [-0.1, -0.05) is 55.4 Å². The molecule has 0 amide bonds. The van der Waals surface area contributed by atoms with Crippen LogP contribution in [0, 0.1) is 11.3 Å². The molecule has 1 aromatic heterocycles. The molecule has 1 fully saturated rings. The maximum absolute atomic E-state index is 11.5. The summed E-state index contributed by atoms with van der Waals surface area (Å²) in [6.07, 6.45) is 1.76. The molecule has 8 nitrogen and oxygen atoms in total. The molecule has 8 heteroatoms. The van der Waals surface area contributed by atoms with E-state index < -0.39 is 17.4 Å². The molecule has 178 valence electrons. The summed E-state index contributed by atoms with van der Waals surface area (Å²) < 4.78 is 5.46. The topological polar surface area (TPSA) is 126 Å². The van der Waals surface area contributed by atoms with Crippen LogP contribution in [0.1, 0.15) is 44.2 Å². The van der Waals surface area contributed by atoms with Crippen molar-refractivity contribution in [1.29, 1.82) is 0 Å². The Hall–Kier alpha value is -3.52. The number of aliphatic carboxylic acids is 2. The molecule has 1 atom stereocenters. The number of benzene rings is 2. The third-order valence-electron chi connectivity index (χ3n) is 6.41. The molecule has 0 radical (unpaired) electrons. The van der Waals surface area contributed by atoms with Gasteiger partial charge >= 0.3 is 11.9 Å². The minimum Gasteiger partial charge on any atom is -0.480 e. The van der Waals surface area contributed by atoms with Gasteiger partial charge in [-0.05, 0) is 54.9 Å². The smallest absolute Gasteiger partial charge is 0.321 e. The summed E-state index contributed by atoms with van der Waals surface area (Å²) in [6.45, 7) is 4.90. The highest BCUT2D eigenvalue weighted by atomic mass is 16.5. The molecule has 2 aromatic carbocycles. The molecule has 3 aromatic rings. The summed E-state index contributed by atoms with van der Waals surface area (Å²) >= 11 is 0. The first-order valence-electron chi connectivity index (χ1n) is 11.5. The molecule has 4 rings (SSSR count). The predicted octanol–water partition coefficient (Wildman–Crippen LogP) is 4.40. The number of rotatable bonds is 9. The molecule has 34 heavy (non-hydrogen) atoms. The highest BCUT2D eigenvalue weighted by Crippen LogP contribution is 2.39. The maximum Gasteiger partial charge on any atom is 0.321 e. The van der Waals surface area contributed by atoms with E-state index in [9.17, 15) is 19.8 Å². The predicted molar refractivity (Wildman–Crippen MR) is 126 cm³/mol. The number of nitrogens with one attached hydrogen (secondary N) is 1. The minimum absolute atomic E-state index is 0.0832. The fourth-order valence-electron chi connectivity index (χ4n) is 4.45. The van der Waals surface area contributed by atoms with E-state index in [2.05, 4.69) is 41.4 Å². The molecule has 1 aliphatic rings. The van der Waals surface area contributed by atoms with Gasteiger partial charge in [0.05, 0.1) is 0 Å². The second-order valence-corrected chi connectivity index (χ2v) is 9.43. The van der Waals surface area contributed by atoms with Crippen molar-refractivity contribution in [2.24, 2.45) is 11.3 Å². The largest absolute Gasteiger partial charge is 0.480 e. The van der Waals surface area contributed by atoms with Gasteiger partial charge in [0, 0.05) is 23.7 Å². The van der Waals surface area contributed by atoms with Crippen LogP contribution in [0.3, 0.4) is 0 Å². The number of carboxylic acids is 2. The quantitative estimate of drug-likeness (QED) is 0.399. The lowest BCUT2D eigenvalue weighted by Gasteiger charge is -2.19. The van der Waals surface area contributed by atoms with E-state index >= 15 is 0 Å². The van der Waals surface area contributed by atoms with Crippen molar-refractivity contribution in [1.82, 2.24) is 15.5 Å². The first-order chi connectivity index (χ1) is 16.3. The molecule has 1 heterocycles. The summed E-state index contributed by atoms with van der Waals surface area (Å²) in [7, 11) is 0. The summed E-state index contributed by atoms with van der Waals surface area (Å²) in [6, 6.07) is 15.7. The fraction of sp³-hybridized carbons (Fsp3) is 0.385. The Morgan fingerprint density at radius 2 is 1.65 bits per heavy atom. The van der Waals surface area contributed by atoms with E-state index in [1.807, 2.05) is 36.4 Å². The van der Waals surface area contributed by atoms with Crippen LogP contribution in [0.25, 0.3) is 22.8 Å². The first kappa shape index (κ1) is 23.6. The lowest BCUT2D eigenvalue weighted by atomic mass is 9.86. The van der Waals surface area contributed by atoms with Gasteiger partial charge in [0.1, 0.15) is 0 Å². The number of carboxylic acid groups (broad SMARTS) is 2. The minimum atomic E-state index is -1.69. The van der Waals surface area contributed by atoms with Gasteiger partial charge in [0.15, 0.2) is 5.41 Å². The number of aromatic nitrogens is 2. The van der Waals surface area contributed by atoms with Crippen molar-refractivity contribution in [2.45, 2.75) is 52.1 Å². The molecule has 1 saturated carbocycles. The molecular formula is C26H29N3O5. The Kier molecular flexibility index (Phi) is 6.79. The van der Waals surface area contributed by atoms with Crippen molar-refractivity contribution in [3.8, 4) is 22.8 Å². The van der Waals surface area contributed by atoms with Crippen molar-refractivity contribution in [3.05, 3.63) is 59.7 Å². The average molecular weight is 464 g/mol. The summed E-state index contributed by atoms with van der Waals surface area (Å²) in [5, 5.41) is 26.1. The normalized spacial score (nSPS) is 17.2. The highest BCUT2D eigenvalue weighted by Gasteiger charge is 2.51. The van der Waals surface area contributed by atoms with Gasteiger partial charge in [-0.25, -0.2) is 0 Å². The van der Waals surface area contributed by atoms with E-state index in [0.29, 0.717) is 30.6 Å². The SMILES string of the molecule is CC(C)Cc1ccc(-c2nc(-c3ccc(CNC4CCC(C(=O)O)(C(=O)O)C4)cc3)no2)cc1. The van der Waals surface area contributed by atoms with Gasteiger partial charge in [0.25, 0.3) is 5.89 Å². The third-order valence-corrected chi connectivity index (χ3v) is 6.41. The van der Waals surface area contributed by atoms with Gasteiger partial charge in [-0.2, -0.15) is 4.98 Å². The van der Waals surface area contributed by atoms with E-state index in [0.717, 1.165) is 23.1 Å². The first-order valence-corrected chi connectivity index (χ1v) is 11.5. The number of carbonyl (C=O) groups is 2. The third kappa shape index (κ3) is 5.02. The summed E-state index contributed by atoms with van der Waals surface area (Å²) in [5.41, 5.74) is 2.29. The Morgan fingerprint density at radius 1 is 1.03 bits per heavy atom. The summed E-state index contributed by atoms with van der Waals surface area (Å²) in [4.78, 5) is 27.5. The zero-order valence-corrected chi connectivity index (χ0v) is 19.3. The van der Waals surface area contributed by atoms with Crippen LogP contribution in [0.4, 0.5) is 0 Å². The Bertz CT molecular complexity index is 1140. The average Bonchev–Trinajstić information content (AvgIpc) is 3.47. The molecule has 0 bridgehead atoms. The van der Waals surface area contributed by atoms with Crippen molar-refractivity contribution in [3.63, 3.8) is 0 Å². The molecule has 0 aliphatic heterocycles. The van der Waals surface area contributed by atoms with Crippen LogP contribution in [0.5, 0.6) is 0 Å². The molecule has 0 spiro atoms. The standard InChI is InChI=1S/C26H29N3O5/c1-16(2)13-17-3-9-20(10-4-17)23-28-22(29-34-23)19-7-5-18(6-8-19)15-27-21-11-12-26(14-21,24(30)31)25(32)33/h3-10,16,21,27H,11-15H2,1-2H3,(H,30,31)(H,32,33). The summed E-state index contributed by atoms with van der Waals surface area (Å²) in [5.74, 6) is -0.956. The second kappa shape index (κ2) is 9.77. The van der Waals surface area contributed by atoms with Crippen LogP contribution in [0.15, 0.2) is 53.1 Å². The molecule has 1 aliphatic carbocycles. The van der Waals surface area contributed by atoms with Crippen molar-refractivity contribution in [2.75, 3.05) is 0 Å². The fourth-order valence-corrected chi connectivity index (χ4v) is 4.45. The van der Waals surface area contributed by atoms with Crippen LogP contribution >= 0.6 is 0 Å². The van der Waals surface area contributed by atoms with Crippen molar-refractivity contribution >= 4 is 11.9 Å². The zero-order chi connectivity index (χ0) is 24.3. The lowest BCUT2D eigenvalue weighted by molar-refractivity contribution is -0.164. The van der Waals surface area contributed by atoms with Crippen molar-refractivity contribution < 1.29 is 24.3 Å². The van der Waals surface area contributed by atoms with Crippen LogP contribution in [0.2, 0.25) is 0 Å². The Morgan fingerprint density at radius 3 is 2.24 bits per heavy atom. The monoisotopic (exact) mass is 463 g/mol. The number of nitrogens with zero attached hydrogens (tertiary/aromatic N) is 2. The highest BCUT2D eigenvalue weighted by molar-refractivity contribution is 5.98. The molecule has 0 saturated heterocycles. The van der Waals surface area contributed by atoms with Gasteiger partial charge in [-0.15, -0.1) is 0 Å². The van der Waals surface area contributed by atoms with Gasteiger partial charge in [0.2, 0.25) is 5.82 Å². The van der Waals surface area contributed by atoms with Gasteiger partial charge in [-0.3, -0.25) is 9.59 Å². The van der Waals surface area contributed by atoms with Crippen LogP contribution in [-0.2, 0) is 22.6 Å². The molecule has 3 N–H and O–H groups in total. The van der Waals surface area contributed by atoms with E-state index in [4.69, 9.17) is 4.52 Å². The van der Waals surface area contributed by atoms with Crippen LogP contribution in [-0.4, -0.2) is 38.3 Å². The van der Waals surface area contributed by atoms with E-state index in [1.54, 1.807) is 0 Å². The number of hydrogen-bond donors (Lipinski definition) is 3. The Labute approximate surface area is 198 Å². The number of hydrogen-bond acceptors (Lipinski definition) is 6. The maximum atomic E-state index is 11.5. The van der Waals surface area contributed by atoms with Gasteiger partial charge < -0.3 is 20.1 Å². The van der Waals surface area contributed by atoms with E-state index in [1.165, 1.54) is 5.56 Å². The van der Waals surface area contributed by atoms with E-state index in [-0.39, 0.29) is 18.9 Å².